The molecule has 0 atom stereocenters. The molecule has 0 radical (unpaired) electrons. The second kappa shape index (κ2) is 8.95. The van der Waals surface area contributed by atoms with E-state index in [0.717, 1.165) is 12.8 Å². The third kappa shape index (κ3) is 12.4. The molecule has 1 aliphatic heterocycles. The smallest absolute Gasteiger partial charge is 0.734 e. The summed E-state index contributed by atoms with van der Waals surface area (Å²) in [4.78, 5) is 1.83. The molecule has 3 N–H and O–H groups in total. The van der Waals surface area contributed by atoms with Crippen LogP contribution in [0.15, 0.2) is 0 Å². The summed E-state index contributed by atoms with van der Waals surface area (Å²) in [5.74, 6) is 0. The summed E-state index contributed by atoms with van der Waals surface area (Å²) in [5, 5.41) is 1.33. The first-order valence-electron chi connectivity index (χ1n) is 5.46. The minimum absolute atomic E-state index is 0. The van der Waals surface area contributed by atoms with Crippen LogP contribution >= 0.6 is 0 Å². The fourth-order valence-electron chi connectivity index (χ4n) is 1.22. The van der Waals surface area contributed by atoms with Gasteiger partial charge in [-0.2, -0.15) is 18.0 Å². The molecular weight excluding hydrogens is 325 g/mol. The van der Waals surface area contributed by atoms with Crippen LogP contribution in [0, 0.1) is 0 Å². The zero-order valence-electron chi connectivity index (χ0n) is 11.0. The van der Waals surface area contributed by atoms with Crippen molar-refractivity contribution in [3.05, 3.63) is 0 Å². The number of morpholine rings is 1. The fourth-order valence-corrected chi connectivity index (χ4v) is 2.38. The van der Waals surface area contributed by atoms with Gasteiger partial charge in [-0.1, -0.05) is 0 Å². The van der Waals surface area contributed by atoms with Crippen molar-refractivity contribution in [1.29, 1.82) is 0 Å². The van der Waals surface area contributed by atoms with Gasteiger partial charge in [0.25, 0.3) is 0 Å². The molecule has 20 heavy (non-hydrogen) atoms. The Balaban J connectivity index is 0.000000359. The van der Waals surface area contributed by atoms with Gasteiger partial charge in [0.15, 0.2) is 10.3 Å². The molecule has 0 aromatic carbocycles. The largest absolute Gasteiger partial charge is 1.00 e. The van der Waals surface area contributed by atoms with Crippen molar-refractivity contribution in [2.75, 3.05) is 26.3 Å². The van der Waals surface area contributed by atoms with Gasteiger partial charge < -0.3 is 9.29 Å². The molecule has 1 saturated carbocycles. The van der Waals surface area contributed by atoms with Gasteiger partial charge in [0.2, 0.25) is 0 Å². The first-order chi connectivity index (χ1) is 8.66. The molecule has 0 unspecified atom stereocenters. The Morgan fingerprint density at radius 2 is 1.65 bits per heavy atom. The molecule has 1 heterocycles. The first kappa shape index (κ1) is 20.7. The van der Waals surface area contributed by atoms with Crippen LogP contribution in [0.25, 0.3) is 0 Å². The normalized spacial score (nSPS) is 20.5. The molecule has 0 aromatic rings. The van der Waals surface area contributed by atoms with Gasteiger partial charge in [-0.25, -0.2) is 13.4 Å². The Bertz CT molecular complexity index is 473. The van der Waals surface area contributed by atoms with Crippen molar-refractivity contribution < 1.29 is 60.2 Å². The third-order valence-electron chi connectivity index (χ3n) is 2.14. The number of hydrogen-bond acceptors (Lipinski definition) is 7. The van der Waals surface area contributed by atoms with Crippen LogP contribution in [0.5, 0.6) is 0 Å². The summed E-state index contributed by atoms with van der Waals surface area (Å²) in [6.45, 7) is 1.73. The number of ether oxygens (including phenoxy) is 1. The molecule has 0 aromatic heterocycles. The molecule has 2 aliphatic rings. The van der Waals surface area contributed by atoms with Crippen molar-refractivity contribution in [3.8, 4) is 0 Å². The summed E-state index contributed by atoms with van der Waals surface area (Å²) >= 11 is 0. The number of nitrogens with zero attached hydrogens (tertiary/aromatic N) is 1. The Morgan fingerprint density at radius 1 is 1.15 bits per heavy atom. The number of nitrogens with one attached hydrogen (secondary N) is 2. The van der Waals surface area contributed by atoms with E-state index >= 15 is 0 Å². The van der Waals surface area contributed by atoms with Gasteiger partial charge >= 0.3 is 39.9 Å². The van der Waals surface area contributed by atoms with Crippen molar-refractivity contribution in [2.24, 2.45) is 0 Å². The van der Waals surface area contributed by atoms with Crippen LogP contribution in [0.2, 0.25) is 0 Å². The molecule has 0 bridgehead atoms. The van der Waals surface area contributed by atoms with Gasteiger partial charge in [-0.15, -0.1) is 0 Å². The van der Waals surface area contributed by atoms with E-state index in [9.17, 15) is 21.4 Å². The summed E-state index contributed by atoms with van der Waals surface area (Å²) < 4.78 is 65.3. The van der Waals surface area contributed by atoms with Gasteiger partial charge in [-0.05, 0) is 12.8 Å². The standard InChI is InChI=1S/C4H10N2O4S.C3H7NO3S.Na/c7-11(8,9)5-6-1-3-10-4-2-6;5-8(6,7)4-3-1-2-3;/h5H,1-4H2,(H,7,8,9);3-4H,1-2H2,(H,5,6,7);/q;;+1/p-1. The van der Waals surface area contributed by atoms with Crippen molar-refractivity contribution >= 4 is 20.6 Å². The summed E-state index contributed by atoms with van der Waals surface area (Å²) in [6, 6.07) is 0.00463. The van der Waals surface area contributed by atoms with Crippen LogP contribution in [0.3, 0.4) is 0 Å². The van der Waals surface area contributed by atoms with Gasteiger partial charge in [-0.3, -0.25) is 4.55 Å². The molecule has 0 amide bonds. The number of rotatable bonds is 4. The van der Waals surface area contributed by atoms with E-state index in [1.165, 1.54) is 5.01 Å². The van der Waals surface area contributed by atoms with Crippen molar-refractivity contribution in [3.63, 3.8) is 0 Å². The van der Waals surface area contributed by atoms with E-state index < -0.39 is 20.6 Å². The Morgan fingerprint density at radius 3 is 1.95 bits per heavy atom. The second-order valence-corrected chi connectivity index (χ2v) is 6.29. The fraction of sp³-hybridized carbons (Fsp3) is 1.00. The molecule has 13 heteroatoms. The molecule has 1 saturated heterocycles. The molecular formula is C7H16N3NaO7S2. The zero-order chi connectivity index (χ0) is 14.5. The molecule has 2 rings (SSSR count). The molecule has 114 valence electrons. The minimum atomic E-state index is -4.35. The van der Waals surface area contributed by atoms with Gasteiger partial charge in [0, 0.05) is 19.1 Å². The topological polar surface area (TPSA) is 148 Å². The van der Waals surface area contributed by atoms with Crippen LogP contribution in [0.1, 0.15) is 12.8 Å². The van der Waals surface area contributed by atoms with E-state index in [4.69, 9.17) is 9.29 Å². The van der Waals surface area contributed by atoms with E-state index in [2.05, 4.69) is 0 Å². The predicted molar refractivity (Wildman–Crippen MR) is 62.9 cm³/mol. The van der Waals surface area contributed by atoms with Gasteiger partial charge in [0.1, 0.15) is 0 Å². The molecule has 1 aliphatic carbocycles. The quantitative estimate of drug-likeness (QED) is 0.339. The number of hydrogen-bond donors (Lipinski definition) is 3. The maximum Gasteiger partial charge on any atom is 1.00 e. The Hall–Kier alpha value is 0.660. The molecule has 2 fully saturated rings. The summed E-state index contributed by atoms with van der Waals surface area (Å²) in [7, 11) is -8.26. The zero-order valence-corrected chi connectivity index (χ0v) is 14.6. The van der Waals surface area contributed by atoms with E-state index in [-0.39, 0.29) is 35.6 Å². The summed E-state index contributed by atoms with van der Waals surface area (Å²) in [5.41, 5.74) is 0. The van der Waals surface area contributed by atoms with E-state index in [0.29, 0.717) is 26.3 Å². The van der Waals surface area contributed by atoms with Crippen LogP contribution < -0.4 is 39.1 Å². The summed E-state index contributed by atoms with van der Waals surface area (Å²) in [6.07, 6.45) is 1.69. The third-order valence-corrected chi connectivity index (χ3v) is 3.26. The first-order valence-corrected chi connectivity index (χ1v) is 8.31. The van der Waals surface area contributed by atoms with Crippen molar-refractivity contribution in [1.82, 2.24) is 14.6 Å². The maximum absolute atomic E-state index is 10.2. The molecule has 10 nitrogen and oxygen atoms in total. The van der Waals surface area contributed by atoms with Crippen molar-refractivity contribution in [2.45, 2.75) is 18.9 Å². The average Bonchev–Trinajstić information content (AvgIpc) is 2.99. The van der Waals surface area contributed by atoms with Crippen LogP contribution in [-0.2, 0) is 25.3 Å². The maximum atomic E-state index is 10.2. The second-order valence-electron chi connectivity index (χ2n) is 4.01. The molecule has 0 spiro atoms. The van der Waals surface area contributed by atoms with Crippen LogP contribution in [-0.4, -0.2) is 63.3 Å². The SMILES string of the molecule is O=S(=O)(O)NC1CC1.O=S(=O)([O-])NN1CCOCC1.[Na+]. The van der Waals surface area contributed by atoms with E-state index in [1.54, 1.807) is 0 Å². The monoisotopic (exact) mass is 341 g/mol. The average molecular weight is 341 g/mol. The van der Waals surface area contributed by atoms with Crippen LogP contribution in [0.4, 0.5) is 0 Å². The Kier molecular flexibility index (Phi) is 9.24. The van der Waals surface area contributed by atoms with Gasteiger partial charge in [0.05, 0.1) is 13.2 Å². The van der Waals surface area contributed by atoms with E-state index in [1.807, 2.05) is 9.55 Å². The minimum Gasteiger partial charge on any atom is -0.734 e. The Labute approximate surface area is 140 Å². The number of hydrazine groups is 1. The predicted octanol–water partition coefficient (Wildman–Crippen LogP) is -5.17.